The number of benzene rings is 3. The molecule has 36 heavy (non-hydrogen) atoms. The van der Waals surface area contributed by atoms with Gasteiger partial charge in [0.25, 0.3) is 5.95 Å². The zero-order valence-electron chi connectivity index (χ0n) is 19.9. The monoisotopic (exact) mass is 503 g/mol. The fourth-order valence-corrected chi connectivity index (χ4v) is 4.47. The maximum absolute atomic E-state index is 12.7. The minimum absolute atomic E-state index is 0.00563. The Bertz CT molecular complexity index is 1340. The second kappa shape index (κ2) is 10.3. The quantitative estimate of drug-likeness (QED) is 0.357. The van der Waals surface area contributed by atoms with Crippen LogP contribution in [-0.2, 0) is 11.2 Å². The standard InChI is InChI=1S/C27H26ClN5O3/c1-35-21-11-3-17(4-12-21)15-25(34)30-26-31-27-29-23(18-5-9-20(28)10-6-18)16-24(33(27)32-26)19-7-13-22(36-2)14-8-19/h3-14,23-24H,15-16H2,1-2H3,(H2,29,30,31,32,34)/t23-,24-/m0/s1. The molecule has 0 unspecified atom stereocenters. The van der Waals surface area contributed by atoms with Crippen molar-refractivity contribution in [1.29, 1.82) is 0 Å². The Kier molecular flexibility index (Phi) is 6.77. The Morgan fingerprint density at radius 2 is 1.58 bits per heavy atom. The molecule has 0 radical (unpaired) electrons. The van der Waals surface area contributed by atoms with E-state index in [4.69, 9.17) is 21.1 Å². The van der Waals surface area contributed by atoms with Gasteiger partial charge in [0.1, 0.15) is 11.5 Å². The Labute approximate surface area is 214 Å². The fourth-order valence-electron chi connectivity index (χ4n) is 4.35. The van der Waals surface area contributed by atoms with E-state index in [1.165, 1.54) is 0 Å². The molecule has 2 atom stereocenters. The SMILES string of the molecule is COc1ccc(CC(=O)Nc2nc3n(n2)[C@H](c2ccc(OC)cc2)C[C@@H](c2ccc(Cl)cc2)N3)cc1. The molecule has 8 nitrogen and oxygen atoms in total. The third-order valence-corrected chi connectivity index (χ3v) is 6.49. The summed E-state index contributed by atoms with van der Waals surface area (Å²) in [6.07, 6.45) is 0.945. The third-order valence-electron chi connectivity index (χ3n) is 6.24. The van der Waals surface area contributed by atoms with Crippen molar-refractivity contribution in [3.05, 3.63) is 94.5 Å². The van der Waals surface area contributed by atoms with Gasteiger partial charge in [-0.3, -0.25) is 10.1 Å². The Balaban J connectivity index is 1.40. The first-order valence-electron chi connectivity index (χ1n) is 11.6. The molecule has 0 aliphatic carbocycles. The summed E-state index contributed by atoms with van der Waals surface area (Å²) < 4.78 is 12.3. The minimum atomic E-state index is -0.196. The van der Waals surface area contributed by atoms with E-state index >= 15 is 0 Å². The van der Waals surface area contributed by atoms with Gasteiger partial charge in [-0.2, -0.15) is 4.98 Å². The minimum Gasteiger partial charge on any atom is -0.497 e. The molecule has 0 saturated carbocycles. The molecule has 184 valence electrons. The molecule has 0 fully saturated rings. The van der Waals surface area contributed by atoms with Crippen molar-refractivity contribution in [2.24, 2.45) is 0 Å². The van der Waals surface area contributed by atoms with Gasteiger partial charge >= 0.3 is 0 Å². The van der Waals surface area contributed by atoms with Crippen LogP contribution < -0.4 is 20.1 Å². The smallest absolute Gasteiger partial charge is 0.250 e. The maximum Gasteiger partial charge on any atom is 0.250 e. The van der Waals surface area contributed by atoms with E-state index in [2.05, 4.69) is 20.7 Å². The average molecular weight is 504 g/mol. The van der Waals surface area contributed by atoms with Crippen LogP contribution >= 0.6 is 11.6 Å². The first-order chi connectivity index (χ1) is 17.5. The molecule has 0 saturated heterocycles. The number of halogens is 1. The molecule has 1 aromatic heterocycles. The summed E-state index contributed by atoms with van der Waals surface area (Å²) in [6, 6.07) is 23.0. The highest BCUT2D eigenvalue weighted by molar-refractivity contribution is 6.30. The van der Waals surface area contributed by atoms with Gasteiger partial charge in [-0.25, -0.2) is 4.68 Å². The van der Waals surface area contributed by atoms with E-state index in [1.54, 1.807) is 14.2 Å². The molecule has 1 amide bonds. The molecule has 2 N–H and O–H groups in total. The first kappa shape index (κ1) is 23.7. The third kappa shape index (κ3) is 5.13. The van der Waals surface area contributed by atoms with Crippen molar-refractivity contribution in [3.8, 4) is 11.5 Å². The molecule has 0 bridgehead atoms. The van der Waals surface area contributed by atoms with Crippen LogP contribution in [0.2, 0.25) is 5.02 Å². The number of hydrogen-bond donors (Lipinski definition) is 2. The molecule has 1 aliphatic heterocycles. The lowest BCUT2D eigenvalue weighted by Crippen LogP contribution is -2.28. The number of amides is 1. The lowest BCUT2D eigenvalue weighted by Gasteiger charge is -2.31. The van der Waals surface area contributed by atoms with Crippen LogP contribution in [0.5, 0.6) is 11.5 Å². The van der Waals surface area contributed by atoms with Crippen LogP contribution in [0.15, 0.2) is 72.8 Å². The van der Waals surface area contributed by atoms with Gasteiger partial charge in [-0.05, 0) is 59.5 Å². The van der Waals surface area contributed by atoms with Gasteiger partial charge in [0.2, 0.25) is 11.9 Å². The van der Waals surface area contributed by atoms with Crippen LogP contribution in [0.25, 0.3) is 0 Å². The second-order valence-corrected chi connectivity index (χ2v) is 8.99. The molecule has 1 aliphatic rings. The number of nitrogens with zero attached hydrogens (tertiary/aromatic N) is 3. The Hall–Kier alpha value is -4.04. The first-order valence-corrected chi connectivity index (χ1v) is 12.0. The van der Waals surface area contributed by atoms with Crippen LogP contribution in [0.4, 0.5) is 11.9 Å². The van der Waals surface area contributed by atoms with Crippen molar-refractivity contribution in [3.63, 3.8) is 0 Å². The second-order valence-electron chi connectivity index (χ2n) is 8.55. The number of anilines is 2. The summed E-state index contributed by atoms with van der Waals surface area (Å²) in [5.41, 5.74) is 3.03. The van der Waals surface area contributed by atoms with Gasteiger partial charge in [0, 0.05) is 5.02 Å². The summed E-state index contributed by atoms with van der Waals surface area (Å²) in [5, 5.41) is 11.6. The van der Waals surface area contributed by atoms with Crippen LogP contribution in [0.1, 0.15) is 35.2 Å². The molecule has 0 spiro atoms. The van der Waals surface area contributed by atoms with Gasteiger partial charge in [-0.15, -0.1) is 5.10 Å². The molecule has 5 rings (SSSR count). The number of aromatic nitrogens is 3. The lowest BCUT2D eigenvalue weighted by atomic mass is 9.93. The molecular formula is C27H26ClN5O3. The highest BCUT2D eigenvalue weighted by Gasteiger charge is 2.31. The van der Waals surface area contributed by atoms with Crippen molar-refractivity contribution < 1.29 is 14.3 Å². The highest BCUT2D eigenvalue weighted by Crippen LogP contribution is 2.38. The topological polar surface area (TPSA) is 90.3 Å². The summed E-state index contributed by atoms with van der Waals surface area (Å²) in [4.78, 5) is 17.3. The van der Waals surface area contributed by atoms with E-state index < -0.39 is 0 Å². The number of carbonyl (C=O) groups is 1. The van der Waals surface area contributed by atoms with E-state index in [1.807, 2.05) is 77.5 Å². The number of carbonyl (C=O) groups excluding carboxylic acids is 1. The predicted molar refractivity (Wildman–Crippen MR) is 139 cm³/mol. The van der Waals surface area contributed by atoms with Crippen molar-refractivity contribution in [2.45, 2.75) is 24.9 Å². The number of hydrogen-bond acceptors (Lipinski definition) is 6. The van der Waals surface area contributed by atoms with Crippen molar-refractivity contribution >= 4 is 29.4 Å². The Morgan fingerprint density at radius 1 is 0.972 bits per heavy atom. The summed E-state index contributed by atoms with van der Waals surface area (Å²) >= 11 is 6.10. The number of ether oxygens (including phenoxy) is 2. The number of nitrogens with one attached hydrogen (secondary N) is 2. The van der Waals surface area contributed by atoms with Crippen molar-refractivity contribution in [1.82, 2.24) is 14.8 Å². The van der Waals surface area contributed by atoms with E-state index in [0.29, 0.717) is 11.0 Å². The summed E-state index contributed by atoms with van der Waals surface area (Å²) in [7, 11) is 3.26. The average Bonchev–Trinajstić information content (AvgIpc) is 3.31. The highest BCUT2D eigenvalue weighted by atomic mass is 35.5. The number of fused-ring (bicyclic) bond motifs is 1. The van der Waals surface area contributed by atoms with Crippen LogP contribution in [0, 0.1) is 0 Å². The fraction of sp³-hybridized carbons (Fsp3) is 0.222. The maximum atomic E-state index is 12.7. The van der Waals surface area contributed by atoms with Crippen LogP contribution in [-0.4, -0.2) is 34.9 Å². The zero-order valence-corrected chi connectivity index (χ0v) is 20.7. The lowest BCUT2D eigenvalue weighted by molar-refractivity contribution is -0.115. The number of methoxy groups -OCH3 is 2. The molecule has 3 aromatic carbocycles. The van der Waals surface area contributed by atoms with Crippen molar-refractivity contribution in [2.75, 3.05) is 24.9 Å². The predicted octanol–water partition coefficient (Wildman–Crippen LogP) is 5.28. The normalized spacial score (nSPS) is 16.5. The largest absolute Gasteiger partial charge is 0.497 e. The number of rotatable bonds is 7. The van der Waals surface area contributed by atoms with E-state index in [-0.39, 0.29) is 30.4 Å². The molecule has 4 aromatic rings. The van der Waals surface area contributed by atoms with Gasteiger partial charge in [-0.1, -0.05) is 48.0 Å². The molecular weight excluding hydrogens is 478 g/mol. The zero-order chi connectivity index (χ0) is 25.1. The van der Waals surface area contributed by atoms with Crippen LogP contribution in [0.3, 0.4) is 0 Å². The molecule has 9 heteroatoms. The Morgan fingerprint density at radius 3 is 2.22 bits per heavy atom. The molecule has 2 heterocycles. The summed E-state index contributed by atoms with van der Waals surface area (Å²) in [6.45, 7) is 0. The van der Waals surface area contributed by atoms with E-state index in [9.17, 15) is 4.79 Å². The van der Waals surface area contributed by atoms with E-state index in [0.717, 1.165) is 34.6 Å². The van der Waals surface area contributed by atoms with Gasteiger partial charge in [0.15, 0.2) is 0 Å². The summed E-state index contributed by atoms with van der Waals surface area (Å²) in [5.74, 6) is 2.17. The van der Waals surface area contributed by atoms with Gasteiger partial charge in [0.05, 0.1) is 32.7 Å². The van der Waals surface area contributed by atoms with Gasteiger partial charge < -0.3 is 14.8 Å².